The molecule has 1 aliphatic heterocycles. The summed E-state index contributed by atoms with van der Waals surface area (Å²) in [6, 6.07) is 4.93. The van der Waals surface area contributed by atoms with Crippen molar-refractivity contribution in [2.45, 2.75) is 50.1 Å². The Morgan fingerprint density at radius 3 is 2.37 bits per heavy atom. The highest BCUT2D eigenvalue weighted by atomic mass is 79.9. The number of piperidine rings is 1. The Morgan fingerprint density at radius 2 is 1.84 bits per heavy atom. The van der Waals surface area contributed by atoms with E-state index in [4.69, 9.17) is 11.6 Å². The Labute approximate surface area is 128 Å². The van der Waals surface area contributed by atoms with Gasteiger partial charge in [0.25, 0.3) is 0 Å². The number of sulfonamides is 1. The van der Waals surface area contributed by atoms with E-state index >= 15 is 0 Å². The van der Waals surface area contributed by atoms with Gasteiger partial charge in [0.1, 0.15) is 4.90 Å². The number of benzene rings is 1. The minimum Gasteiger partial charge on any atom is -0.207 e. The van der Waals surface area contributed by atoms with E-state index in [0.717, 1.165) is 23.7 Å². The van der Waals surface area contributed by atoms with Crippen molar-refractivity contribution in [3.8, 4) is 0 Å². The molecule has 0 spiro atoms. The molecule has 0 saturated carbocycles. The van der Waals surface area contributed by atoms with Gasteiger partial charge in [0.15, 0.2) is 0 Å². The molecule has 0 amide bonds. The summed E-state index contributed by atoms with van der Waals surface area (Å²) >= 11 is 9.38. The van der Waals surface area contributed by atoms with Gasteiger partial charge in [-0.3, -0.25) is 0 Å². The molecule has 1 saturated heterocycles. The zero-order valence-corrected chi connectivity index (χ0v) is 14.1. The van der Waals surface area contributed by atoms with E-state index in [-0.39, 0.29) is 22.0 Å². The third-order valence-electron chi connectivity index (χ3n) is 3.56. The zero-order chi connectivity index (χ0) is 14.2. The van der Waals surface area contributed by atoms with Crippen LogP contribution in [-0.2, 0) is 10.0 Å². The molecular formula is C13H17BrClNO2S. The minimum atomic E-state index is -3.53. The van der Waals surface area contributed by atoms with E-state index in [0.29, 0.717) is 0 Å². The number of rotatable bonds is 2. The second kappa shape index (κ2) is 5.72. The molecule has 1 fully saturated rings. The van der Waals surface area contributed by atoms with Crippen LogP contribution in [0, 0.1) is 0 Å². The average molecular weight is 367 g/mol. The molecule has 6 heteroatoms. The van der Waals surface area contributed by atoms with E-state index in [1.54, 1.807) is 22.5 Å². The van der Waals surface area contributed by atoms with Gasteiger partial charge in [0.2, 0.25) is 10.0 Å². The van der Waals surface area contributed by atoms with Crippen LogP contribution in [0.3, 0.4) is 0 Å². The van der Waals surface area contributed by atoms with Gasteiger partial charge >= 0.3 is 0 Å². The number of hydrogen-bond donors (Lipinski definition) is 0. The molecule has 1 aromatic carbocycles. The van der Waals surface area contributed by atoms with Crippen molar-refractivity contribution < 1.29 is 8.42 Å². The van der Waals surface area contributed by atoms with E-state index in [1.165, 1.54) is 0 Å². The van der Waals surface area contributed by atoms with Crippen LogP contribution in [0.15, 0.2) is 27.6 Å². The number of hydrogen-bond acceptors (Lipinski definition) is 2. The summed E-state index contributed by atoms with van der Waals surface area (Å²) in [5.74, 6) is 0. The molecule has 0 bridgehead atoms. The van der Waals surface area contributed by atoms with Crippen LogP contribution in [0.5, 0.6) is 0 Å². The highest BCUT2D eigenvalue weighted by Crippen LogP contribution is 2.33. The topological polar surface area (TPSA) is 37.4 Å². The Kier molecular flexibility index (Phi) is 4.60. The first-order valence-corrected chi connectivity index (χ1v) is 8.93. The summed E-state index contributed by atoms with van der Waals surface area (Å²) in [6.45, 7) is 3.92. The minimum absolute atomic E-state index is 0.0217. The monoisotopic (exact) mass is 365 g/mol. The second-order valence-corrected chi connectivity index (χ2v) is 8.17. The predicted molar refractivity (Wildman–Crippen MR) is 81.0 cm³/mol. The molecule has 2 rings (SSSR count). The third-order valence-corrected chi connectivity index (χ3v) is 6.67. The molecule has 1 heterocycles. The first kappa shape index (κ1) is 15.3. The molecule has 0 aromatic heterocycles. The smallest absolute Gasteiger partial charge is 0.207 e. The van der Waals surface area contributed by atoms with Crippen molar-refractivity contribution in [1.29, 1.82) is 0 Å². The molecule has 1 aliphatic rings. The highest BCUT2D eigenvalue weighted by Gasteiger charge is 2.36. The SMILES string of the molecule is CC1CCCC(C)N1S(=O)(=O)c1ccc(Br)cc1Cl. The van der Waals surface area contributed by atoms with Crippen LogP contribution >= 0.6 is 27.5 Å². The summed E-state index contributed by atoms with van der Waals surface area (Å²) in [5, 5.41) is 0.263. The lowest BCUT2D eigenvalue weighted by Crippen LogP contribution is -2.47. The zero-order valence-electron chi connectivity index (χ0n) is 10.9. The Bertz CT molecular complexity index is 566. The van der Waals surface area contributed by atoms with Crippen molar-refractivity contribution >= 4 is 37.6 Å². The van der Waals surface area contributed by atoms with Crippen molar-refractivity contribution in [2.75, 3.05) is 0 Å². The second-order valence-electron chi connectivity index (χ2n) is 5.04. The van der Waals surface area contributed by atoms with E-state index in [9.17, 15) is 8.42 Å². The van der Waals surface area contributed by atoms with Gasteiger partial charge in [-0.2, -0.15) is 4.31 Å². The van der Waals surface area contributed by atoms with Gasteiger partial charge in [0, 0.05) is 16.6 Å². The standard InChI is InChI=1S/C13H17BrClNO2S/c1-9-4-3-5-10(2)16(9)19(17,18)13-7-6-11(14)8-12(13)15/h6-10H,3-5H2,1-2H3. The van der Waals surface area contributed by atoms with Crippen LogP contribution in [0.2, 0.25) is 5.02 Å². The van der Waals surface area contributed by atoms with Crippen molar-refractivity contribution in [1.82, 2.24) is 4.31 Å². The van der Waals surface area contributed by atoms with Crippen LogP contribution in [0.1, 0.15) is 33.1 Å². The molecule has 2 unspecified atom stereocenters. The number of halogens is 2. The lowest BCUT2D eigenvalue weighted by molar-refractivity contribution is 0.204. The van der Waals surface area contributed by atoms with Gasteiger partial charge in [-0.25, -0.2) is 8.42 Å². The lowest BCUT2D eigenvalue weighted by Gasteiger charge is -2.37. The average Bonchev–Trinajstić information content (AvgIpc) is 2.27. The van der Waals surface area contributed by atoms with Crippen LogP contribution < -0.4 is 0 Å². The summed E-state index contributed by atoms with van der Waals surface area (Å²) in [6.07, 6.45) is 2.87. The molecule has 3 nitrogen and oxygen atoms in total. The van der Waals surface area contributed by atoms with Gasteiger partial charge in [-0.1, -0.05) is 34.0 Å². The quantitative estimate of drug-likeness (QED) is 0.791. The predicted octanol–water partition coefficient (Wildman–Crippen LogP) is 4.05. The molecule has 2 atom stereocenters. The van der Waals surface area contributed by atoms with Crippen molar-refractivity contribution in [2.24, 2.45) is 0 Å². The summed E-state index contributed by atoms with van der Waals surface area (Å²) in [4.78, 5) is 0.193. The first-order valence-electron chi connectivity index (χ1n) is 6.32. The van der Waals surface area contributed by atoms with Gasteiger partial charge < -0.3 is 0 Å². The molecule has 19 heavy (non-hydrogen) atoms. The van der Waals surface area contributed by atoms with Crippen LogP contribution in [0.25, 0.3) is 0 Å². The third kappa shape index (κ3) is 2.99. The molecule has 106 valence electrons. The Hall–Kier alpha value is -0.100. The summed E-state index contributed by atoms with van der Waals surface area (Å²) in [5.41, 5.74) is 0. The van der Waals surface area contributed by atoms with Gasteiger partial charge in [0.05, 0.1) is 5.02 Å². The molecular weight excluding hydrogens is 350 g/mol. The molecule has 1 aromatic rings. The van der Waals surface area contributed by atoms with E-state index in [1.807, 2.05) is 13.8 Å². The van der Waals surface area contributed by atoms with Crippen LogP contribution in [-0.4, -0.2) is 24.8 Å². The van der Waals surface area contributed by atoms with E-state index < -0.39 is 10.0 Å². The maximum atomic E-state index is 12.8. The van der Waals surface area contributed by atoms with Crippen molar-refractivity contribution in [3.05, 3.63) is 27.7 Å². The first-order chi connectivity index (χ1) is 8.84. The van der Waals surface area contributed by atoms with Crippen LogP contribution in [0.4, 0.5) is 0 Å². The molecule has 0 radical (unpaired) electrons. The maximum Gasteiger partial charge on any atom is 0.245 e. The normalized spacial score (nSPS) is 25.5. The summed E-state index contributed by atoms with van der Waals surface area (Å²) in [7, 11) is -3.53. The highest BCUT2D eigenvalue weighted by molar-refractivity contribution is 9.10. The Morgan fingerprint density at radius 1 is 1.26 bits per heavy atom. The van der Waals surface area contributed by atoms with Crippen molar-refractivity contribution in [3.63, 3.8) is 0 Å². The fourth-order valence-corrected chi connectivity index (χ4v) is 5.57. The fraction of sp³-hybridized carbons (Fsp3) is 0.538. The van der Waals surface area contributed by atoms with E-state index in [2.05, 4.69) is 15.9 Å². The maximum absolute atomic E-state index is 12.8. The largest absolute Gasteiger partial charge is 0.245 e. The Balaban J connectivity index is 2.46. The lowest BCUT2D eigenvalue weighted by atomic mass is 10.0. The number of nitrogens with zero attached hydrogens (tertiary/aromatic N) is 1. The molecule has 0 aliphatic carbocycles. The molecule has 0 N–H and O–H groups in total. The van der Waals surface area contributed by atoms with Gasteiger partial charge in [-0.15, -0.1) is 0 Å². The van der Waals surface area contributed by atoms with Gasteiger partial charge in [-0.05, 0) is 44.9 Å². The summed E-state index contributed by atoms with van der Waals surface area (Å²) < 4.78 is 27.9. The fourth-order valence-electron chi connectivity index (χ4n) is 2.67.